The van der Waals surface area contributed by atoms with E-state index in [2.05, 4.69) is 20.5 Å². The maximum atomic E-state index is 12.9. The second-order valence-corrected chi connectivity index (χ2v) is 8.16. The molecule has 1 N–H and O–H groups in total. The average Bonchev–Trinajstić information content (AvgIpc) is 3.10. The zero-order valence-electron chi connectivity index (χ0n) is 18.0. The SMILES string of the molecule is Cc1nnc(-c2ccc3cnc(NC(=O)C4CCCCN4CCC(F)(F)F)cc3c2)n1C. The van der Waals surface area contributed by atoms with Crippen LogP contribution in [0.1, 0.15) is 31.5 Å². The Hall–Kier alpha value is -3.01. The highest BCUT2D eigenvalue weighted by atomic mass is 19.4. The van der Waals surface area contributed by atoms with Crippen molar-refractivity contribution in [2.24, 2.45) is 7.05 Å². The highest BCUT2D eigenvalue weighted by Crippen LogP contribution is 2.26. The van der Waals surface area contributed by atoms with Gasteiger partial charge in [0.05, 0.1) is 12.5 Å². The van der Waals surface area contributed by atoms with Crippen molar-refractivity contribution in [3.8, 4) is 11.4 Å². The van der Waals surface area contributed by atoms with Crippen LogP contribution >= 0.6 is 0 Å². The number of rotatable bonds is 5. The van der Waals surface area contributed by atoms with E-state index in [1.165, 1.54) is 0 Å². The standard InChI is InChI=1S/C22H25F3N6O/c1-14-28-29-20(30(14)2)15-6-7-16-13-26-19(12-17(16)11-15)27-21(32)18-5-3-4-9-31(18)10-8-22(23,24)25/h6-7,11-13,18H,3-5,8-10H2,1-2H3,(H,26,27,32). The lowest BCUT2D eigenvalue weighted by Gasteiger charge is -2.34. The van der Waals surface area contributed by atoms with Crippen molar-refractivity contribution in [3.63, 3.8) is 0 Å². The number of carbonyl (C=O) groups excluding carboxylic acids is 1. The Kier molecular flexibility index (Phi) is 6.14. The van der Waals surface area contributed by atoms with Gasteiger partial charge in [0, 0.05) is 30.7 Å². The Balaban J connectivity index is 1.52. The van der Waals surface area contributed by atoms with Crippen LogP contribution in [0.15, 0.2) is 30.5 Å². The van der Waals surface area contributed by atoms with Gasteiger partial charge in [-0.1, -0.05) is 18.6 Å². The van der Waals surface area contributed by atoms with Gasteiger partial charge < -0.3 is 9.88 Å². The highest BCUT2D eigenvalue weighted by Gasteiger charge is 2.33. The molecule has 1 aliphatic rings. The molecule has 0 aliphatic carbocycles. The molecular formula is C22H25F3N6O. The van der Waals surface area contributed by atoms with E-state index in [4.69, 9.17) is 0 Å². The molecule has 4 rings (SSSR count). The Bertz CT molecular complexity index is 1130. The molecule has 1 fully saturated rings. The molecule has 0 saturated carbocycles. The first-order valence-corrected chi connectivity index (χ1v) is 10.6. The number of piperidine rings is 1. The second kappa shape index (κ2) is 8.85. The van der Waals surface area contributed by atoms with Crippen molar-refractivity contribution in [2.45, 2.75) is 44.8 Å². The van der Waals surface area contributed by atoms with E-state index < -0.39 is 18.6 Å². The summed E-state index contributed by atoms with van der Waals surface area (Å²) in [5.74, 6) is 1.58. The maximum Gasteiger partial charge on any atom is 0.390 e. The van der Waals surface area contributed by atoms with Crippen molar-refractivity contribution in [3.05, 3.63) is 36.3 Å². The molecule has 2 aromatic heterocycles. The lowest BCUT2D eigenvalue weighted by molar-refractivity contribution is -0.142. The van der Waals surface area contributed by atoms with Gasteiger partial charge >= 0.3 is 6.18 Å². The van der Waals surface area contributed by atoms with Crippen molar-refractivity contribution in [1.29, 1.82) is 0 Å². The van der Waals surface area contributed by atoms with Crippen LogP contribution in [-0.4, -0.2) is 55.9 Å². The topological polar surface area (TPSA) is 75.9 Å². The van der Waals surface area contributed by atoms with Gasteiger partial charge in [-0.15, -0.1) is 10.2 Å². The number of nitrogens with one attached hydrogen (secondary N) is 1. The molecule has 3 aromatic rings. The Morgan fingerprint density at radius 3 is 2.72 bits per heavy atom. The fourth-order valence-electron chi connectivity index (χ4n) is 4.04. The van der Waals surface area contributed by atoms with E-state index in [0.29, 0.717) is 18.8 Å². The Morgan fingerprint density at radius 2 is 2.00 bits per heavy atom. The van der Waals surface area contributed by atoms with Gasteiger partial charge in [0.25, 0.3) is 0 Å². The molecule has 1 aliphatic heterocycles. The van der Waals surface area contributed by atoms with Crippen molar-refractivity contribution < 1.29 is 18.0 Å². The third kappa shape index (κ3) is 4.90. The van der Waals surface area contributed by atoms with Gasteiger partial charge in [0.15, 0.2) is 5.82 Å². The lowest BCUT2D eigenvalue weighted by atomic mass is 10.0. The molecule has 0 radical (unpaired) electrons. The van der Waals surface area contributed by atoms with Crippen LogP contribution in [0.5, 0.6) is 0 Å². The van der Waals surface area contributed by atoms with E-state index >= 15 is 0 Å². The molecule has 3 heterocycles. The number of anilines is 1. The summed E-state index contributed by atoms with van der Waals surface area (Å²) in [5, 5.41) is 12.9. The quantitative estimate of drug-likeness (QED) is 0.639. The van der Waals surface area contributed by atoms with Crippen molar-refractivity contribution in [2.75, 3.05) is 18.4 Å². The van der Waals surface area contributed by atoms with Crippen LogP contribution in [0.3, 0.4) is 0 Å². The molecule has 7 nitrogen and oxygen atoms in total. The first-order valence-electron chi connectivity index (χ1n) is 10.6. The molecule has 1 amide bonds. The number of pyridine rings is 1. The third-order valence-electron chi connectivity index (χ3n) is 5.92. The molecule has 170 valence electrons. The van der Waals surface area contributed by atoms with Crippen LogP contribution < -0.4 is 5.32 Å². The molecule has 0 bridgehead atoms. The van der Waals surface area contributed by atoms with Gasteiger partial charge in [0.2, 0.25) is 5.91 Å². The molecule has 1 atom stereocenters. The van der Waals surface area contributed by atoms with E-state index in [1.807, 2.05) is 36.7 Å². The largest absolute Gasteiger partial charge is 0.390 e. The van der Waals surface area contributed by atoms with Crippen LogP contribution in [0.4, 0.5) is 19.0 Å². The third-order valence-corrected chi connectivity index (χ3v) is 5.92. The Morgan fingerprint density at radius 1 is 1.19 bits per heavy atom. The number of hydrogen-bond donors (Lipinski definition) is 1. The summed E-state index contributed by atoms with van der Waals surface area (Å²) < 4.78 is 39.9. The van der Waals surface area contributed by atoms with Gasteiger partial charge in [0.1, 0.15) is 11.6 Å². The minimum atomic E-state index is -4.24. The van der Waals surface area contributed by atoms with Crippen molar-refractivity contribution in [1.82, 2.24) is 24.6 Å². The normalized spacial score (nSPS) is 17.6. The summed E-state index contributed by atoms with van der Waals surface area (Å²) >= 11 is 0. The Labute approximate surface area is 183 Å². The number of aromatic nitrogens is 4. The maximum absolute atomic E-state index is 12.9. The number of halogens is 3. The van der Waals surface area contributed by atoms with E-state index in [9.17, 15) is 18.0 Å². The smallest absolute Gasteiger partial charge is 0.314 e. The fraction of sp³-hybridized carbons (Fsp3) is 0.455. The minimum absolute atomic E-state index is 0.173. The first kappa shape index (κ1) is 22.2. The molecule has 1 unspecified atom stereocenters. The highest BCUT2D eigenvalue weighted by molar-refractivity contribution is 5.96. The number of carbonyl (C=O) groups is 1. The molecule has 1 aromatic carbocycles. The van der Waals surface area contributed by atoms with E-state index in [0.717, 1.165) is 40.8 Å². The summed E-state index contributed by atoms with van der Waals surface area (Å²) in [5.41, 5.74) is 0.884. The average molecular weight is 446 g/mol. The number of fused-ring (bicyclic) bond motifs is 1. The number of amides is 1. The van der Waals surface area contributed by atoms with Crippen LogP contribution in [-0.2, 0) is 11.8 Å². The zero-order chi connectivity index (χ0) is 22.9. The van der Waals surface area contributed by atoms with E-state index in [1.54, 1.807) is 17.2 Å². The fourth-order valence-corrected chi connectivity index (χ4v) is 4.04. The van der Waals surface area contributed by atoms with Crippen molar-refractivity contribution >= 4 is 22.5 Å². The summed E-state index contributed by atoms with van der Waals surface area (Å²) in [6.07, 6.45) is -1.36. The van der Waals surface area contributed by atoms with Crippen LogP contribution in [0.2, 0.25) is 0 Å². The summed E-state index contributed by atoms with van der Waals surface area (Å²) in [6, 6.07) is 6.99. The zero-order valence-corrected chi connectivity index (χ0v) is 18.0. The summed E-state index contributed by atoms with van der Waals surface area (Å²) in [6.45, 7) is 2.19. The predicted molar refractivity (Wildman–Crippen MR) is 115 cm³/mol. The number of alkyl halides is 3. The van der Waals surface area contributed by atoms with E-state index in [-0.39, 0.29) is 12.5 Å². The monoisotopic (exact) mass is 446 g/mol. The second-order valence-electron chi connectivity index (χ2n) is 8.16. The van der Waals surface area contributed by atoms with Gasteiger partial charge in [-0.3, -0.25) is 9.69 Å². The summed E-state index contributed by atoms with van der Waals surface area (Å²) in [7, 11) is 1.89. The van der Waals surface area contributed by atoms with Crippen LogP contribution in [0, 0.1) is 6.92 Å². The number of hydrogen-bond acceptors (Lipinski definition) is 5. The minimum Gasteiger partial charge on any atom is -0.314 e. The lowest BCUT2D eigenvalue weighted by Crippen LogP contribution is -2.48. The van der Waals surface area contributed by atoms with Gasteiger partial charge in [-0.25, -0.2) is 4.98 Å². The molecule has 32 heavy (non-hydrogen) atoms. The first-order chi connectivity index (χ1) is 15.2. The molecular weight excluding hydrogens is 421 g/mol. The number of nitrogens with zero attached hydrogens (tertiary/aromatic N) is 5. The molecule has 1 saturated heterocycles. The van der Waals surface area contributed by atoms with Gasteiger partial charge in [-0.2, -0.15) is 13.2 Å². The summed E-state index contributed by atoms with van der Waals surface area (Å²) in [4.78, 5) is 18.8. The molecule has 0 spiro atoms. The number of benzene rings is 1. The van der Waals surface area contributed by atoms with Gasteiger partial charge in [-0.05, 0) is 43.8 Å². The number of likely N-dealkylation sites (tertiary alicyclic amines) is 1. The number of aryl methyl sites for hydroxylation is 1. The predicted octanol–water partition coefficient (Wildman–Crippen LogP) is 4.08. The molecule has 10 heteroatoms. The van der Waals surface area contributed by atoms with Crippen LogP contribution in [0.25, 0.3) is 22.2 Å².